The van der Waals surface area contributed by atoms with Crippen LogP contribution in [0.2, 0.25) is 0 Å². The maximum absolute atomic E-state index is 12.2. The number of para-hydroxylation sites is 1. The summed E-state index contributed by atoms with van der Waals surface area (Å²) < 4.78 is 17.0. The van der Waals surface area contributed by atoms with Gasteiger partial charge in [0.15, 0.2) is 11.5 Å². The maximum Gasteiger partial charge on any atom is 0.311 e. The molecule has 0 aliphatic rings. The third-order valence-electron chi connectivity index (χ3n) is 5.11. The highest BCUT2D eigenvalue weighted by Crippen LogP contribution is 2.38. The maximum atomic E-state index is 12.2. The van der Waals surface area contributed by atoms with Crippen LogP contribution >= 0.6 is 0 Å². The van der Waals surface area contributed by atoms with E-state index in [0.29, 0.717) is 25.2 Å². The lowest BCUT2D eigenvalue weighted by atomic mass is 10.1. The summed E-state index contributed by atoms with van der Waals surface area (Å²) in [5.41, 5.74) is 0. The van der Waals surface area contributed by atoms with E-state index in [9.17, 15) is 9.59 Å². The lowest BCUT2D eigenvalue weighted by Gasteiger charge is -2.15. The van der Waals surface area contributed by atoms with Gasteiger partial charge in [0.05, 0.1) is 6.61 Å². The molecule has 0 saturated heterocycles. The van der Waals surface area contributed by atoms with Gasteiger partial charge in [0.1, 0.15) is 0 Å². The Morgan fingerprint density at radius 1 is 0.645 bits per heavy atom. The number of carbonyl (C=O) groups is 2. The standard InChI is InChI=1S/C26H42O5/c1-4-7-10-11-12-13-14-15-21-29-22-17-16-18-23(30-24(27)19-8-5-2)26(22)31-25(28)20-9-6-3/h16-18H,4-15,19-21H2,1-3H3. The predicted molar refractivity (Wildman–Crippen MR) is 125 cm³/mol. The Balaban J connectivity index is 2.66. The van der Waals surface area contributed by atoms with Gasteiger partial charge in [-0.1, -0.05) is 84.6 Å². The minimum absolute atomic E-state index is 0.216. The zero-order valence-corrected chi connectivity index (χ0v) is 19.9. The van der Waals surface area contributed by atoms with E-state index in [4.69, 9.17) is 14.2 Å². The first kappa shape index (κ1) is 27.0. The highest BCUT2D eigenvalue weighted by Gasteiger charge is 2.19. The summed E-state index contributed by atoms with van der Waals surface area (Å²) in [6.07, 6.45) is 13.8. The van der Waals surface area contributed by atoms with Gasteiger partial charge < -0.3 is 14.2 Å². The van der Waals surface area contributed by atoms with Crippen LogP contribution in [-0.2, 0) is 9.59 Å². The van der Waals surface area contributed by atoms with Gasteiger partial charge in [0, 0.05) is 12.8 Å². The Morgan fingerprint density at radius 2 is 1.16 bits per heavy atom. The van der Waals surface area contributed by atoms with Crippen molar-refractivity contribution in [2.24, 2.45) is 0 Å². The molecule has 176 valence electrons. The summed E-state index contributed by atoms with van der Waals surface area (Å²) in [6.45, 7) is 6.82. The van der Waals surface area contributed by atoms with Crippen molar-refractivity contribution in [3.63, 3.8) is 0 Å². The Hall–Kier alpha value is -2.04. The van der Waals surface area contributed by atoms with Crippen LogP contribution in [0.4, 0.5) is 0 Å². The van der Waals surface area contributed by atoms with E-state index in [0.717, 1.165) is 38.5 Å². The molecule has 0 unspecified atom stereocenters. The van der Waals surface area contributed by atoms with Crippen molar-refractivity contribution >= 4 is 11.9 Å². The van der Waals surface area contributed by atoms with E-state index in [1.807, 2.05) is 13.8 Å². The summed E-state index contributed by atoms with van der Waals surface area (Å²) in [5.74, 6) is 0.254. The van der Waals surface area contributed by atoms with Crippen LogP contribution in [-0.4, -0.2) is 18.5 Å². The molecule has 1 aromatic carbocycles. The normalized spacial score (nSPS) is 10.7. The summed E-state index contributed by atoms with van der Waals surface area (Å²) in [5, 5.41) is 0. The number of ether oxygens (including phenoxy) is 3. The zero-order chi connectivity index (χ0) is 22.7. The molecule has 5 heteroatoms. The Labute approximate surface area is 188 Å². The summed E-state index contributed by atoms with van der Waals surface area (Å²) in [6, 6.07) is 5.17. The Kier molecular flexibility index (Phi) is 15.3. The highest BCUT2D eigenvalue weighted by atomic mass is 16.6. The topological polar surface area (TPSA) is 61.8 Å². The van der Waals surface area contributed by atoms with Crippen LogP contribution in [0.15, 0.2) is 18.2 Å². The van der Waals surface area contributed by atoms with Gasteiger partial charge in [-0.05, 0) is 31.4 Å². The van der Waals surface area contributed by atoms with Crippen LogP contribution in [0.25, 0.3) is 0 Å². The SMILES string of the molecule is CCCCCCCCCCOc1cccc(OC(=O)CCCC)c1OC(=O)CCCC. The number of unbranched alkanes of at least 4 members (excludes halogenated alkanes) is 9. The molecule has 0 aliphatic heterocycles. The largest absolute Gasteiger partial charge is 0.490 e. The van der Waals surface area contributed by atoms with Crippen molar-refractivity contribution in [3.05, 3.63) is 18.2 Å². The fourth-order valence-corrected chi connectivity index (χ4v) is 3.19. The first-order chi connectivity index (χ1) is 15.1. The minimum atomic E-state index is -0.337. The van der Waals surface area contributed by atoms with Crippen molar-refractivity contribution in [2.75, 3.05) is 6.61 Å². The van der Waals surface area contributed by atoms with Crippen molar-refractivity contribution in [2.45, 2.75) is 111 Å². The Bertz CT molecular complexity index is 626. The van der Waals surface area contributed by atoms with Gasteiger partial charge in [-0.15, -0.1) is 0 Å². The molecule has 0 atom stereocenters. The third-order valence-corrected chi connectivity index (χ3v) is 5.11. The number of benzene rings is 1. The molecule has 5 nitrogen and oxygen atoms in total. The molecule has 0 N–H and O–H groups in total. The fraction of sp³-hybridized carbons (Fsp3) is 0.692. The van der Waals surface area contributed by atoms with Crippen molar-refractivity contribution in [1.29, 1.82) is 0 Å². The molecule has 0 bridgehead atoms. The summed E-state index contributed by atoms with van der Waals surface area (Å²) in [4.78, 5) is 24.4. The molecule has 1 aromatic rings. The average Bonchev–Trinajstić information content (AvgIpc) is 2.77. The summed E-state index contributed by atoms with van der Waals surface area (Å²) >= 11 is 0. The lowest BCUT2D eigenvalue weighted by molar-refractivity contribution is -0.137. The molecule has 0 aliphatic carbocycles. The smallest absolute Gasteiger partial charge is 0.311 e. The van der Waals surface area contributed by atoms with Gasteiger partial charge in [0.25, 0.3) is 0 Å². The first-order valence-corrected chi connectivity index (χ1v) is 12.3. The Morgan fingerprint density at radius 3 is 1.77 bits per heavy atom. The molecule has 0 aromatic heterocycles. The molecule has 0 saturated carbocycles. The summed E-state index contributed by atoms with van der Waals surface area (Å²) in [7, 11) is 0. The first-order valence-electron chi connectivity index (χ1n) is 12.3. The molecule has 0 spiro atoms. The molecular weight excluding hydrogens is 392 g/mol. The number of esters is 2. The van der Waals surface area contributed by atoms with E-state index in [1.165, 1.54) is 38.5 Å². The highest BCUT2D eigenvalue weighted by molar-refractivity contribution is 5.77. The van der Waals surface area contributed by atoms with Gasteiger partial charge in [0.2, 0.25) is 5.75 Å². The quantitative estimate of drug-likeness (QED) is 0.137. The van der Waals surface area contributed by atoms with Crippen molar-refractivity contribution < 1.29 is 23.8 Å². The van der Waals surface area contributed by atoms with Crippen LogP contribution < -0.4 is 14.2 Å². The predicted octanol–water partition coefficient (Wildman–Crippen LogP) is 7.40. The average molecular weight is 435 g/mol. The fourth-order valence-electron chi connectivity index (χ4n) is 3.19. The van der Waals surface area contributed by atoms with Gasteiger partial charge in [-0.25, -0.2) is 0 Å². The molecule has 0 heterocycles. The van der Waals surface area contributed by atoms with Crippen LogP contribution in [0.1, 0.15) is 111 Å². The van der Waals surface area contributed by atoms with E-state index in [-0.39, 0.29) is 23.4 Å². The van der Waals surface area contributed by atoms with Crippen LogP contribution in [0.3, 0.4) is 0 Å². The second-order valence-electron chi connectivity index (χ2n) is 8.06. The second-order valence-corrected chi connectivity index (χ2v) is 8.06. The minimum Gasteiger partial charge on any atom is -0.490 e. The lowest BCUT2D eigenvalue weighted by Crippen LogP contribution is -2.13. The van der Waals surface area contributed by atoms with Crippen LogP contribution in [0, 0.1) is 0 Å². The molecular formula is C26H42O5. The van der Waals surface area contributed by atoms with Gasteiger partial charge in [-0.2, -0.15) is 0 Å². The molecule has 0 radical (unpaired) electrons. The molecule has 0 amide bonds. The number of rotatable bonds is 18. The van der Waals surface area contributed by atoms with Crippen molar-refractivity contribution in [1.82, 2.24) is 0 Å². The third kappa shape index (κ3) is 12.4. The van der Waals surface area contributed by atoms with E-state index >= 15 is 0 Å². The monoisotopic (exact) mass is 434 g/mol. The van der Waals surface area contributed by atoms with E-state index < -0.39 is 0 Å². The van der Waals surface area contributed by atoms with E-state index in [1.54, 1.807) is 18.2 Å². The molecule has 1 rings (SSSR count). The van der Waals surface area contributed by atoms with Gasteiger partial charge >= 0.3 is 11.9 Å². The van der Waals surface area contributed by atoms with Gasteiger partial charge in [-0.3, -0.25) is 9.59 Å². The second kappa shape index (κ2) is 17.6. The van der Waals surface area contributed by atoms with Crippen molar-refractivity contribution in [3.8, 4) is 17.2 Å². The molecule has 31 heavy (non-hydrogen) atoms. The zero-order valence-electron chi connectivity index (χ0n) is 19.9. The number of hydrogen-bond acceptors (Lipinski definition) is 5. The number of carbonyl (C=O) groups excluding carboxylic acids is 2. The van der Waals surface area contributed by atoms with E-state index in [2.05, 4.69) is 6.92 Å². The number of hydrogen-bond donors (Lipinski definition) is 0. The molecule has 0 fully saturated rings. The van der Waals surface area contributed by atoms with Crippen LogP contribution in [0.5, 0.6) is 17.2 Å².